The van der Waals surface area contributed by atoms with Gasteiger partial charge in [0.1, 0.15) is 6.61 Å². The van der Waals surface area contributed by atoms with Gasteiger partial charge in [-0.3, -0.25) is 10.1 Å². The van der Waals surface area contributed by atoms with Gasteiger partial charge in [0.2, 0.25) is 0 Å². The van der Waals surface area contributed by atoms with Crippen LogP contribution in [0.15, 0.2) is 23.4 Å². The molecular weight excluding hydrogens is 200 g/mol. The molecule has 0 aliphatic carbocycles. The van der Waals surface area contributed by atoms with E-state index in [1.807, 2.05) is 0 Å². The molecule has 0 radical (unpaired) electrons. The first kappa shape index (κ1) is 11.0. The Labute approximate surface area is 85.9 Å². The number of phenols is 1. The Morgan fingerprint density at radius 1 is 1.67 bits per heavy atom. The lowest BCUT2D eigenvalue weighted by Gasteiger charge is -1.97. The van der Waals surface area contributed by atoms with Gasteiger partial charge in [0.25, 0.3) is 0 Å². The van der Waals surface area contributed by atoms with Gasteiger partial charge in [-0.25, -0.2) is 0 Å². The maximum absolute atomic E-state index is 10.5. The van der Waals surface area contributed by atoms with E-state index in [1.54, 1.807) is 6.92 Å². The van der Waals surface area contributed by atoms with Crippen molar-refractivity contribution in [2.75, 3.05) is 6.61 Å². The zero-order valence-electron chi connectivity index (χ0n) is 8.08. The molecule has 1 aromatic rings. The Hall–Kier alpha value is -2.11. The van der Waals surface area contributed by atoms with E-state index in [2.05, 4.69) is 5.16 Å². The molecule has 0 unspecified atom stereocenters. The van der Waals surface area contributed by atoms with Gasteiger partial charge < -0.3 is 9.94 Å². The molecule has 0 aliphatic rings. The van der Waals surface area contributed by atoms with Crippen molar-refractivity contribution in [1.82, 2.24) is 0 Å². The third kappa shape index (κ3) is 2.94. The van der Waals surface area contributed by atoms with Crippen LogP contribution in [-0.2, 0) is 4.84 Å². The largest absolute Gasteiger partial charge is 0.502 e. The van der Waals surface area contributed by atoms with Crippen LogP contribution in [0.5, 0.6) is 5.75 Å². The first-order valence-corrected chi connectivity index (χ1v) is 4.28. The number of oxime groups is 1. The zero-order valence-corrected chi connectivity index (χ0v) is 8.08. The molecule has 0 aromatic heterocycles. The van der Waals surface area contributed by atoms with Crippen LogP contribution in [0.3, 0.4) is 0 Å². The van der Waals surface area contributed by atoms with Gasteiger partial charge in [0.05, 0.1) is 11.1 Å². The maximum atomic E-state index is 10.5. The van der Waals surface area contributed by atoms with E-state index in [-0.39, 0.29) is 11.4 Å². The molecule has 0 saturated carbocycles. The minimum Gasteiger partial charge on any atom is -0.502 e. The Morgan fingerprint density at radius 3 is 3.00 bits per heavy atom. The second-order valence-electron chi connectivity index (χ2n) is 2.66. The fraction of sp³-hybridized carbons (Fsp3) is 0.222. The van der Waals surface area contributed by atoms with Gasteiger partial charge in [0.15, 0.2) is 5.75 Å². The summed E-state index contributed by atoms with van der Waals surface area (Å²) < 4.78 is 0. The van der Waals surface area contributed by atoms with Crippen molar-refractivity contribution in [2.45, 2.75) is 6.92 Å². The summed E-state index contributed by atoms with van der Waals surface area (Å²) >= 11 is 0. The second-order valence-corrected chi connectivity index (χ2v) is 2.66. The fourth-order valence-electron chi connectivity index (χ4n) is 0.940. The molecule has 0 bridgehead atoms. The summed E-state index contributed by atoms with van der Waals surface area (Å²) in [5.41, 5.74) is 0.142. The minimum atomic E-state index is -0.659. The molecular formula is C9H10N2O4. The standard InChI is InChI=1S/C9H10N2O4/c1-2-15-10-6-7-3-4-9(12)8(5-7)11(13)14/h3-6,12H,2H2,1H3/b10-6+. The first-order valence-electron chi connectivity index (χ1n) is 4.28. The van der Waals surface area contributed by atoms with E-state index in [0.717, 1.165) is 0 Å². The quantitative estimate of drug-likeness (QED) is 0.465. The normalized spacial score (nSPS) is 10.5. The zero-order chi connectivity index (χ0) is 11.3. The molecule has 1 N–H and O–H groups in total. The van der Waals surface area contributed by atoms with Crippen LogP contribution in [-0.4, -0.2) is 22.9 Å². The average Bonchev–Trinajstić information content (AvgIpc) is 2.20. The maximum Gasteiger partial charge on any atom is 0.311 e. The van der Waals surface area contributed by atoms with E-state index >= 15 is 0 Å². The minimum absolute atomic E-state index is 0.351. The average molecular weight is 210 g/mol. The van der Waals surface area contributed by atoms with E-state index in [4.69, 9.17) is 9.94 Å². The van der Waals surface area contributed by atoms with Crippen LogP contribution in [0, 0.1) is 10.1 Å². The molecule has 6 heteroatoms. The highest BCUT2D eigenvalue weighted by molar-refractivity contribution is 5.81. The van der Waals surface area contributed by atoms with Crippen LogP contribution >= 0.6 is 0 Å². The molecule has 0 saturated heterocycles. The van der Waals surface area contributed by atoms with Crippen molar-refractivity contribution in [1.29, 1.82) is 0 Å². The highest BCUT2D eigenvalue weighted by Gasteiger charge is 2.12. The molecule has 1 aromatic carbocycles. The number of phenolic OH excluding ortho intramolecular Hbond substituents is 1. The number of hydrogen-bond donors (Lipinski definition) is 1. The van der Waals surface area contributed by atoms with Crippen LogP contribution in [0.2, 0.25) is 0 Å². The topological polar surface area (TPSA) is 85.0 Å². The number of aromatic hydroxyl groups is 1. The monoisotopic (exact) mass is 210 g/mol. The third-order valence-corrected chi connectivity index (χ3v) is 1.60. The van der Waals surface area contributed by atoms with Gasteiger partial charge in [-0.2, -0.15) is 0 Å². The van der Waals surface area contributed by atoms with Crippen molar-refractivity contribution in [3.63, 3.8) is 0 Å². The van der Waals surface area contributed by atoms with Crippen LogP contribution in [0.1, 0.15) is 12.5 Å². The lowest BCUT2D eigenvalue weighted by Crippen LogP contribution is -1.91. The lowest BCUT2D eigenvalue weighted by molar-refractivity contribution is -0.385. The molecule has 1 rings (SSSR count). The lowest BCUT2D eigenvalue weighted by atomic mass is 10.2. The van der Waals surface area contributed by atoms with Gasteiger partial charge >= 0.3 is 5.69 Å². The van der Waals surface area contributed by atoms with Crippen molar-refractivity contribution in [3.05, 3.63) is 33.9 Å². The van der Waals surface area contributed by atoms with Crippen LogP contribution in [0.4, 0.5) is 5.69 Å². The summed E-state index contributed by atoms with van der Waals surface area (Å²) in [4.78, 5) is 14.5. The van der Waals surface area contributed by atoms with Gasteiger partial charge in [-0.15, -0.1) is 0 Å². The molecule has 6 nitrogen and oxygen atoms in total. The van der Waals surface area contributed by atoms with Gasteiger partial charge in [-0.05, 0) is 19.1 Å². The van der Waals surface area contributed by atoms with Crippen molar-refractivity contribution in [2.24, 2.45) is 5.16 Å². The molecule has 0 amide bonds. The summed E-state index contributed by atoms with van der Waals surface area (Å²) in [6.45, 7) is 2.20. The number of hydrogen-bond acceptors (Lipinski definition) is 5. The van der Waals surface area contributed by atoms with E-state index < -0.39 is 4.92 Å². The Balaban J connectivity index is 2.92. The molecule has 0 fully saturated rings. The third-order valence-electron chi connectivity index (χ3n) is 1.60. The van der Waals surface area contributed by atoms with E-state index in [9.17, 15) is 10.1 Å². The van der Waals surface area contributed by atoms with E-state index in [1.165, 1.54) is 24.4 Å². The van der Waals surface area contributed by atoms with Gasteiger partial charge in [-0.1, -0.05) is 5.16 Å². The van der Waals surface area contributed by atoms with Crippen molar-refractivity contribution >= 4 is 11.9 Å². The summed E-state index contributed by atoms with van der Waals surface area (Å²) in [6.07, 6.45) is 1.34. The van der Waals surface area contributed by atoms with Gasteiger partial charge in [0, 0.05) is 11.6 Å². The molecule has 0 atom stereocenters. The predicted octanol–water partition coefficient (Wildman–Crippen LogP) is 1.67. The SMILES string of the molecule is CCO/N=C/c1ccc(O)c([N+](=O)[O-])c1. The number of rotatable bonds is 4. The van der Waals surface area contributed by atoms with Crippen LogP contribution < -0.4 is 0 Å². The number of benzene rings is 1. The molecule has 0 heterocycles. The highest BCUT2D eigenvalue weighted by Crippen LogP contribution is 2.25. The summed E-state index contributed by atoms with van der Waals surface area (Å²) in [5.74, 6) is -0.367. The Bertz CT molecular complexity index is 390. The molecule has 80 valence electrons. The number of nitro benzene ring substituents is 1. The second kappa shape index (κ2) is 4.94. The summed E-state index contributed by atoms with van der Waals surface area (Å²) in [5, 5.41) is 23.2. The fourth-order valence-corrected chi connectivity index (χ4v) is 0.940. The Morgan fingerprint density at radius 2 is 2.40 bits per heavy atom. The molecule has 0 aliphatic heterocycles. The van der Waals surface area contributed by atoms with Crippen LogP contribution in [0.25, 0.3) is 0 Å². The number of nitrogens with zero attached hydrogens (tertiary/aromatic N) is 2. The molecule has 15 heavy (non-hydrogen) atoms. The summed E-state index contributed by atoms with van der Waals surface area (Å²) in [6, 6.07) is 3.97. The first-order chi connectivity index (χ1) is 7.15. The Kier molecular flexibility index (Phi) is 3.61. The van der Waals surface area contributed by atoms with Crippen molar-refractivity contribution < 1.29 is 14.9 Å². The summed E-state index contributed by atoms with van der Waals surface area (Å²) in [7, 11) is 0. The van der Waals surface area contributed by atoms with Crippen molar-refractivity contribution in [3.8, 4) is 5.75 Å². The smallest absolute Gasteiger partial charge is 0.311 e. The highest BCUT2D eigenvalue weighted by atomic mass is 16.6. The predicted molar refractivity (Wildman–Crippen MR) is 54.0 cm³/mol. The molecule has 0 spiro atoms. The van der Waals surface area contributed by atoms with E-state index in [0.29, 0.717) is 12.2 Å². The number of nitro groups is 1.